The van der Waals surface area contributed by atoms with E-state index in [0.29, 0.717) is 5.75 Å². The van der Waals surface area contributed by atoms with E-state index in [2.05, 4.69) is 9.97 Å². The smallest absolute Gasteiger partial charge is 0.303 e. The highest BCUT2D eigenvalue weighted by Gasteiger charge is 2.20. The van der Waals surface area contributed by atoms with Crippen molar-refractivity contribution in [2.45, 2.75) is 25.7 Å². The molecule has 3 aromatic rings. The van der Waals surface area contributed by atoms with Crippen LogP contribution in [0.3, 0.4) is 0 Å². The summed E-state index contributed by atoms with van der Waals surface area (Å²) in [4.78, 5) is 21.7. The molecule has 1 aliphatic rings. The van der Waals surface area contributed by atoms with E-state index < -0.39 is 0 Å². The number of para-hydroxylation sites is 1. The Morgan fingerprint density at radius 3 is 2.81 bits per heavy atom. The van der Waals surface area contributed by atoms with E-state index in [-0.39, 0.29) is 11.6 Å². The number of aromatic amines is 1. The van der Waals surface area contributed by atoms with Gasteiger partial charge in [0.05, 0.1) is 5.39 Å². The zero-order valence-corrected chi connectivity index (χ0v) is 12.2. The highest BCUT2D eigenvalue weighted by molar-refractivity contribution is 7.18. The number of ether oxygens (including phenoxy) is 1. The van der Waals surface area contributed by atoms with Gasteiger partial charge in [-0.1, -0.05) is 18.2 Å². The van der Waals surface area contributed by atoms with Gasteiger partial charge in [0.1, 0.15) is 10.6 Å². The number of aromatic nitrogens is 2. The third-order valence-corrected chi connectivity index (χ3v) is 4.95. The van der Waals surface area contributed by atoms with E-state index in [0.717, 1.165) is 29.5 Å². The molecule has 1 aromatic carbocycles. The van der Waals surface area contributed by atoms with Gasteiger partial charge >= 0.3 is 6.01 Å². The summed E-state index contributed by atoms with van der Waals surface area (Å²) >= 11 is 1.63. The molecule has 0 aliphatic heterocycles. The first-order valence-electron chi connectivity index (χ1n) is 7.09. The van der Waals surface area contributed by atoms with Gasteiger partial charge < -0.3 is 4.74 Å². The molecular weight excluding hydrogens is 284 g/mol. The molecule has 0 spiro atoms. The fourth-order valence-corrected chi connectivity index (χ4v) is 4.05. The van der Waals surface area contributed by atoms with E-state index in [4.69, 9.17) is 4.74 Å². The normalized spacial score (nSPS) is 14.1. The molecule has 5 heteroatoms. The van der Waals surface area contributed by atoms with E-state index in [9.17, 15) is 4.79 Å². The quantitative estimate of drug-likeness (QED) is 0.785. The molecule has 0 amide bonds. The summed E-state index contributed by atoms with van der Waals surface area (Å²) in [5, 5.41) is 0.759. The lowest BCUT2D eigenvalue weighted by molar-refractivity contribution is 0.443. The maximum absolute atomic E-state index is 12.4. The Morgan fingerprint density at radius 1 is 1.14 bits per heavy atom. The predicted molar refractivity (Wildman–Crippen MR) is 83.4 cm³/mol. The number of fused-ring (bicyclic) bond motifs is 3. The van der Waals surface area contributed by atoms with E-state index >= 15 is 0 Å². The summed E-state index contributed by atoms with van der Waals surface area (Å²) < 4.78 is 5.64. The van der Waals surface area contributed by atoms with Crippen LogP contribution in [0.15, 0.2) is 35.1 Å². The van der Waals surface area contributed by atoms with E-state index in [1.165, 1.54) is 16.9 Å². The molecule has 0 radical (unpaired) electrons. The minimum Gasteiger partial charge on any atom is -0.426 e. The molecule has 0 bridgehead atoms. The largest absolute Gasteiger partial charge is 0.426 e. The van der Waals surface area contributed by atoms with Crippen molar-refractivity contribution in [2.75, 3.05) is 0 Å². The number of nitrogens with zero attached hydrogens (tertiary/aromatic N) is 1. The minimum atomic E-state index is -0.0923. The third-order valence-electron chi connectivity index (χ3n) is 3.76. The molecule has 106 valence electrons. The molecule has 0 unspecified atom stereocenters. The van der Waals surface area contributed by atoms with Crippen LogP contribution in [-0.2, 0) is 12.8 Å². The Balaban J connectivity index is 1.81. The molecule has 2 heterocycles. The summed E-state index contributed by atoms with van der Waals surface area (Å²) in [5.41, 5.74) is 1.10. The maximum Gasteiger partial charge on any atom is 0.303 e. The molecule has 0 saturated heterocycles. The van der Waals surface area contributed by atoms with Gasteiger partial charge in [-0.15, -0.1) is 11.3 Å². The minimum absolute atomic E-state index is 0.0923. The molecule has 0 fully saturated rings. The number of hydrogen-bond acceptors (Lipinski definition) is 4. The Morgan fingerprint density at radius 2 is 1.95 bits per heavy atom. The average Bonchev–Trinajstić information content (AvgIpc) is 2.87. The molecule has 4 nitrogen and oxygen atoms in total. The van der Waals surface area contributed by atoms with Crippen LogP contribution in [-0.4, -0.2) is 9.97 Å². The Kier molecular flexibility index (Phi) is 3.00. The zero-order chi connectivity index (χ0) is 14.2. The summed E-state index contributed by atoms with van der Waals surface area (Å²) in [5.74, 6) is 0.668. The second kappa shape index (κ2) is 5.00. The molecule has 1 N–H and O–H groups in total. The van der Waals surface area contributed by atoms with Crippen molar-refractivity contribution in [3.63, 3.8) is 0 Å². The number of hydrogen-bond donors (Lipinski definition) is 1. The first-order chi connectivity index (χ1) is 10.3. The van der Waals surface area contributed by atoms with Crippen molar-refractivity contribution >= 4 is 21.6 Å². The van der Waals surface area contributed by atoms with Gasteiger partial charge in [0, 0.05) is 4.88 Å². The van der Waals surface area contributed by atoms with Gasteiger partial charge in [0.2, 0.25) is 0 Å². The molecular formula is C16H14N2O2S. The SMILES string of the molecule is O=c1[nH]c(Oc2ccccc2)nc2sc3c(c12)CCCC3. The van der Waals surface area contributed by atoms with Gasteiger partial charge in [0.25, 0.3) is 5.56 Å². The van der Waals surface area contributed by atoms with Gasteiger partial charge in [-0.3, -0.25) is 9.78 Å². The van der Waals surface area contributed by atoms with E-state index in [1.807, 2.05) is 30.3 Å². The van der Waals surface area contributed by atoms with Crippen molar-refractivity contribution in [1.29, 1.82) is 0 Å². The topological polar surface area (TPSA) is 55.0 Å². The first-order valence-corrected chi connectivity index (χ1v) is 7.90. The number of H-pyrrole nitrogens is 1. The predicted octanol–water partition coefficient (Wildman–Crippen LogP) is 3.66. The second-order valence-corrected chi connectivity index (χ2v) is 6.26. The van der Waals surface area contributed by atoms with Crippen LogP contribution in [0.25, 0.3) is 10.2 Å². The number of nitrogens with one attached hydrogen (secondary N) is 1. The van der Waals surface area contributed by atoms with Crippen LogP contribution < -0.4 is 10.3 Å². The standard InChI is InChI=1S/C16H14N2O2S/c19-14-13-11-8-4-5-9-12(11)21-15(13)18-16(17-14)20-10-6-2-1-3-7-10/h1-3,6-7H,4-5,8-9H2,(H,17,18,19). The van der Waals surface area contributed by atoms with Crippen LogP contribution in [0.5, 0.6) is 11.8 Å². The maximum atomic E-state index is 12.4. The lowest BCUT2D eigenvalue weighted by atomic mass is 9.97. The highest BCUT2D eigenvalue weighted by Crippen LogP contribution is 2.34. The van der Waals surface area contributed by atoms with E-state index in [1.54, 1.807) is 11.3 Å². The lowest BCUT2D eigenvalue weighted by Gasteiger charge is -2.09. The van der Waals surface area contributed by atoms with Crippen molar-refractivity contribution in [1.82, 2.24) is 9.97 Å². The summed E-state index contributed by atoms with van der Waals surface area (Å²) in [6, 6.07) is 9.62. The summed E-state index contributed by atoms with van der Waals surface area (Å²) in [6.45, 7) is 0. The Hall–Kier alpha value is -2.14. The first kappa shape index (κ1) is 12.6. The molecule has 0 atom stereocenters. The average molecular weight is 298 g/mol. The van der Waals surface area contributed by atoms with Crippen molar-refractivity contribution in [2.24, 2.45) is 0 Å². The monoisotopic (exact) mass is 298 g/mol. The van der Waals surface area contributed by atoms with Crippen molar-refractivity contribution in [3.05, 3.63) is 51.1 Å². The number of thiophene rings is 1. The van der Waals surface area contributed by atoms with Gasteiger partial charge in [-0.05, 0) is 43.4 Å². The number of aryl methyl sites for hydroxylation is 2. The van der Waals surface area contributed by atoms with Gasteiger partial charge in [0.15, 0.2) is 0 Å². The van der Waals surface area contributed by atoms with Crippen LogP contribution in [0.4, 0.5) is 0 Å². The fourth-order valence-electron chi connectivity index (χ4n) is 2.79. The number of benzene rings is 1. The molecule has 21 heavy (non-hydrogen) atoms. The van der Waals surface area contributed by atoms with Gasteiger partial charge in [-0.25, -0.2) is 0 Å². The summed E-state index contributed by atoms with van der Waals surface area (Å²) in [7, 11) is 0. The Bertz CT molecular complexity index is 852. The highest BCUT2D eigenvalue weighted by atomic mass is 32.1. The molecule has 0 saturated carbocycles. The zero-order valence-electron chi connectivity index (χ0n) is 11.4. The fraction of sp³-hybridized carbons (Fsp3) is 0.250. The van der Waals surface area contributed by atoms with Crippen LogP contribution in [0, 0.1) is 0 Å². The summed E-state index contributed by atoms with van der Waals surface area (Å²) in [6.07, 6.45) is 4.40. The Labute approximate surface area is 125 Å². The lowest BCUT2D eigenvalue weighted by Crippen LogP contribution is -2.10. The van der Waals surface area contributed by atoms with Crippen LogP contribution >= 0.6 is 11.3 Å². The third kappa shape index (κ3) is 2.23. The van der Waals surface area contributed by atoms with Crippen LogP contribution in [0.1, 0.15) is 23.3 Å². The van der Waals surface area contributed by atoms with Crippen molar-refractivity contribution < 1.29 is 4.74 Å². The van der Waals surface area contributed by atoms with Crippen LogP contribution in [0.2, 0.25) is 0 Å². The molecule has 1 aliphatic carbocycles. The molecule has 4 rings (SSSR count). The number of rotatable bonds is 2. The van der Waals surface area contributed by atoms with Gasteiger partial charge in [-0.2, -0.15) is 4.98 Å². The van der Waals surface area contributed by atoms with Crippen molar-refractivity contribution in [3.8, 4) is 11.8 Å². The molecule has 2 aromatic heterocycles. The second-order valence-electron chi connectivity index (χ2n) is 5.18.